The minimum absolute atomic E-state index is 0.0154. The first-order valence-corrected chi connectivity index (χ1v) is 6.33. The Bertz CT molecular complexity index is 401. The summed E-state index contributed by atoms with van der Waals surface area (Å²) in [5.41, 5.74) is 0.274. The maximum absolute atomic E-state index is 13.2. The Labute approximate surface area is 107 Å². The lowest BCUT2D eigenvalue weighted by atomic mass is 9.84. The normalized spacial score (nSPS) is 32.2. The Balaban J connectivity index is 2.17. The number of aliphatic hydroxyl groups is 1. The fourth-order valence-corrected chi connectivity index (χ4v) is 2.82. The van der Waals surface area contributed by atoms with Crippen LogP contribution in [0.2, 0.25) is 0 Å². The van der Waals surface area contributed by atoms with Gasteiger partial charge in [0.25, 0.3) is 0 Å². The van der Waals surface area contributed by atoms with Gasteiger partial charge in [-0.3, -0.25) is 0 Å². The van der Waals surface area contributed by atoms with E-state index in [1.165, 1.54) is 12.1 Å². The zero-order chi connectivity index (χ0) is 13.2. The molecule has 2 unspecified atom stereocenters. The van der Waals surface area contributed by atoms with E-state index in [4.69, 9.17) is 4.74 Å². The van der Waals surface area contributed by atoms with E-state index in [2.05, 4.69) is 5.32 Å². The molecule has 1 aliphatic rings. The van der Waals surface area contributed by atoms with Crippen LogP contribution >= 0.6 is 0 Å². The molecule has 100 valence electrons. The van der Waals surface area contributed by atoms with Crippen LogP contribution in [0.15, 0.2) is 24.3 Å². The van der Waals surface area contributed by atoms with Crippen LogP contribution in [-0.4, -0.2) is 29.5 Å². The van der Waals surface area contributed by atoms with E-state index in [9.17, 15) is 9.50 Å². The summed E-state index contributed by atoms with van der Waals surface area (Å²) in [5.74, 6) is -0.277. The molecule has 1 aromatic rings. The van der Waals surface area contributed by atoms with Crippen LogP contribution in [0.5, 0.6) is 0 Å². The van der Waals surface area contributed by atoms with E-state index in [-0.39, 0.29) is 24.6 Å². The molecule has 2 N–H and O–H groups in total. The molecule has 1 heterocycles. The molecule has 1 aliphatic heterocycles. The molecule has 1 fully saturated rings. The van der Waals surface area contributed by atoms with E-state index >= 15 is 0 Å². The molecule has 3 nitrogen and oxygen atoms in total. The van der Waals surface area contributed by atoms with Crippen LogP contribution in [-0.2, 0) is 4.74 Å². The van der Waals surface area contributed by atoms with Crippen LogP contribution in [0.3, 0.4) is 0 Å². The molecule has 1 aromatic carbocycles. The molecule has 4 heteroatoms. The maximum Gasteiger partial charge on any atom is 0.125 e. The number of halogens is 1. The number of rotatable bonds is 3. The van der Waals surface area contributed by atoms with Gasteiger partial charge in [0, 0.05) is 5.69 Å². The smallest absolute Gasteiger partial charge is 0.125 e. The fraction of sp³-hybridized carbons (Fsp3) is 0.571. The van der Waals surface area contributed by atoms with Gasteiger partial charge in [0.2, 0.25) is 0 Å². The summed E-state index contributed by atoms with van der Waals surface area (Å²) in [7, 11) is 0. The lowest BCUT2D eigenvalue weighted by Gasteiger charge is -2.43. The largest absolute Gasteiger partial charge is 0.394 e. The summed E-state index contributed by atoms with van der Waals surface area (Å²) in [6.45, 7) is 4.00. The lowest BCUT2D eigenvalue weighted by molar-refractivity contribution is -0.0653. The minimum atomic E-state index is -0.426. The third-order valence-electron chi connectivity index (χ3n) is 3.36. The summed E-state index contributed by atoms with van der Waals surface area (Å²) in [5, 5.41) is 13.0. The monoisotopic (exact) mass is 253 g/mol. The summed E-state index contributed by atoms with van der Waals surface area (Å²) in [4.78, 5) is 0. The van der Waals surface area contributed by atoms with Gasteiger partial charge in [-0.15, -0.1) is 0 Å². The summed E-state index contributed by atoms with van der Waals surface area (Å²) in [6.07, 6.45) is 1.60. The average molecular weight is 253 g/mol. The lowest BCUT2D eigenvalue weighted by Crippen LogP contribution is -2.51. The second-order valence-corrected chi connectivity index (χ2v) is 5.24. The molecule has 2 atom stereocenters. The Kier molecular flexibility index (Phi) is 3.88. The molecule has 2 rings (SSSR count). The SMILES string of the molecule is CC1CC(CO)(Nc2cccc(F)c2)CC(C)O1. The van der Waals surface area contributed by atoms with Gasteiger partial charge in [0.1, 0.15) is 5.82 Å². The van der Waals surface area contributed by atoms with Gasteiger partial charge in [-0.05, 0) is 44.9 Å². The Morgan fingerprint density at radius 2 is 2.06 bits per heavy atom. The average Bonchev–Trinajstić information content (AvgIpc) is 2.27. The van der Waals surface area contributed by atoms with Crippen molar-refractivity contribution in [3.63, 3.8) is 0 Å². The number of benzene rings is 1. The van der Waals surface area contributed by atoms with Gasteiger partial charge in [-0.1, -0.05) is 6.07 Å². The topological polar surface area (TPSA) is 41.5 Å². The van der Waals surface area contributed by atoms with Crippen molar-refractivity contribution in [2.24, 2.45) is 0 Å². The van der Waals surface area contributed by atoms with Gasteiger partial charge in [0.05, 0.1) is 24.4 Å². The summed E-state index contributed by atoms with van der Waals surface area (Å²) < 4.78 is 18.9. The third kappa shape index (κ3) is 3.00. The molecule has 0 saturated carbocycles. The highest BCUT2D eigenvalue weighted by atomic mass is 19.1. The summed E-state index contributed by atoms with van der Waals surface area (Å²) in [6, 6.07) is 6.33. The van der Waals surface area contributed by atoms with E-state index in [0.717, 1.165) is 0 Å². The number of aliphatic hydroxyl groups excluding tert-OH is 1. The molecular weight excluding hydrogens is 233 g/mol. The molecule has 18 heavy (non-hydrogen) atoms. The zero-order valence-electron chi connectivity index (χ0n) is 10.8. The first-order chi connectivity index (χ1) is 8.53. The first kappa shape index (κ1) is 13.3. The van der Waals surface area contributed by atoms with Crippen molar-refractivity contribution in [3.8, 4) is 0 Å². The maximum atomic E-state index is 13.2. The molecule has 0 spiro atoms. The van der Waals surface area contributed by atoms with Crippen molar-refractivity contribution in [2.45, 2.75) is 44.4 Å². The molecule has 0 aromatic heterocycles. The van der Waals surface area contributed by atoms with E-state index in [1.807, 2.05) is 19.9 Å². The first-order valence-electron chi connectivity index (χ1n) is 6.33. The van der Waals surface area contributed by atoms with Gasteiger partial charge < -0.3 is 15.2 Å². The quantitative estimate of drug-likeness (QED) is 0.870. The molecule has 0 amide bonds. The summed E-state index contributed by atoms with van der Waals surface area (Å²) >= 11 is 0. The number of hydrogen-bond donors (Lipinski definition) is 2. The van der Waals surface area contributed by atoms with Crippen LogP contribution < -0.4 is 5.32 Å². The molecular formula is C14H20FNO2. The Morgan fingerprint density at radius 1 is 1.39 bits per heavy atom. The minimum Gasteiger partial charge on any atom is -0.394 e. The molecule has 0 bridgehead atoms. The van der Waals surface area contributed by atoms with Gasteiger partial charge in [-0.25, -0.2) is 4.39 Å². The predicted octanol–water partition coefficient (Wildman–Crippen LogP) is 2.56. The van der Waals surface area contributed by atoms with Crippen molar-refractivity contribution in [2.75, 3.05) is 11.9 Å². The standard InChI is InChI=1S/C14H20FNO2/c1-10-7-14(9-17,8-11(2)18-10)16-13-5-3-4-12(15)6-13/h3-6,10-11,16-17H,7-9H2,1-2H3. The van der Waals surface area contributed by atoms with E-state index in [0.29, 0.717) is 18.5 Å². The third-order valence-corrected chi connectivity index (χ3v) is 3.36. The van der Waals surface area contributed by atoms with Crippen molar-refractivity contribution < 1.29 is 14.2 Å². The van der Waals surface area contributed by atoms with Crippen molar-refractivity contribution >= 4 is 5.69 Å². The van der Waals surface area contributed by atoms with Crippen molar-refractivity contribution in [1.29, 1.82) is 0 Å². The molecule has 0 aliphatic carbocycles. The van der Waals surface area contributed by atoms with Crippen LogP contribution in [0.4, 0.5) is 10.1 Å². The van der Waals surface area contributed by atoms with Gasteiger partial charge in [-0.2, -0.15) is 0 Å². The van der Waals surface area contributed by atoms with Gasteiger partial charge in [0.15, 0.2) is 0 Å². The van der Waals surface area contributed by atoms with Crippen LogP contribution in [0.25, 0.3) is 0 Å². The zero-order valence-corrected chi connectivity index (χ0v) is 10.8. The number of ether oxygens (including phenoxy) is 1. The molecule has 1 saturated heterocycles. The molecule has 0 radical (unpaired) electrons. The van der Waals surface area contributed by atoms with Crippen molar-refractivity contribution in [1.82, 2.24) is 0 Å². The Morgan fingerprint density at radius 3 is 2.61 bits per heavy atom. The van der Waals surface area contributed by atoms with Crippen LogP contribution in [0.1, 0.15) is 26.7 Å². The Hall–Kier alpha value is -1.13. The highest BCUT2D eigenvalue weighted by molar-refractivity contribution is 5.46. The second-order valence-electron chi connectivity index (χ2n) is 5.24. The van der Waals surface area contributed by atoms with E-state index in [1.54, 1.807) is 6.07 Å². The number of nitrogens with one attached hydrogen (secondary N) is 1. The number of anilines is 1. The van der Waals surface area contributed by atoms with Gasteiger partial charge >= 0.3 is 0 Å². The highest BCUT2D eigenvalue weighted by Gasteiger charge is 2.38. The van der Waals surface area contributed by atoms with Crippen LogP contribution in [0, 0.1) is 5.82 Å². The fourth-order valence-electron chi connectivity index (χ4n) is 2.82. The highest BCUT2D eigenvalue weighted by Crippen LogP contribution is 2.32. The van der Waals surface area contributed by atoms with E-state index < -0.39 is 5.54 Å². The second kappa shape index (κ2) is 5.24. The van der Waals surface area contributed by atoms with Crippen molar-refractivity contribution in [3.05, 3.63) is 30.1 Å². The predicted molar refractivity (Wildman–Crippen MR) is 69.1 cm³/mol. The number of hydrogen-bond acceptors (Lipinski definition) is 3.